The lowest BCUT2D eigenvalue weighted by molar-refractivity contribution is 0.277. The molecule has 142 valence electrons. The molecule has 4 aromatic heterocycles. The van der Waals surface area contributed by atoms with Crippen LogP contribution in [0.1, 0.15) is 13.8 Å². The summed E-state index contributed by atoms with van der Waals surface area (Å²) in [5.41, 5.74) is 6.74. The minimum atomic E-state index is -0.230. The van der Waals surface area contributed by atoms with Gasteiger partial charge in [-0.2, -0.15) is 9.50 Å². The number of anilines is 1. The number of fused-ring (bicyclic) bond motifs is 3. The van der Waals surface area contributed by atoms with Gasteiger partial charge in [0.2, 0.25) is 11.8 Å². The second kappa shape index (κ2) is 7.68. The van der Waals surface area contributed by atoms with E-state index in [2.05, 4.69) is 15.1 Å². The molecule has 9 nitrogen and oxygen atoms in total. The van der Waals surface area contributed by atoms with Gasteiger partial charge >= 0.3 is 4.87 Å². The molecule has 0 fully saturated rings. The highest BCUT2D eigenvalue weighted by Crippen LogP contribution is 2.25. The van der Waals surface area contributed by atoms with Gasteiger partial charge in [0.05, 0.1) is 25.2 Å². The smallest absolute Gasteiger partial charge is 0.309 e. The number of halogens is 1. The Morgan fingerprint density at radius 3 is 2.78 bits per heavy atom. The van der Waals surface area contributed by atoms with Crippen LogP contribution in [0.2, 0.25) is 0 Å². The van der Waals surface area contributed by atoms with E-state index in [4.69, 9.17) is 15.3 Å². The van der Waals surface area contributed by atoms with Crippen LogP contribution in [0.5, 0.6) is 0 Å². The Morgan fingerprint density at radius 1 is 1.44 bits per heavy atom. The highest BCUT2D eigenvalue weighted by molar-refractivity contribution is 7.17. The first-order valence-electron chi connectivity index (χ1n) is 7.95. The average molecular weight is 392 g/mol. The van der Waals surface area contributed by atoms with Gasteiger partial charge in [-0.05, 0) is 26.0 Å². The topological polar surface area (TPSA) is 124 Å². The Hall–Kier alpha value is -3.05. The van der Waals surface area contributed by atoms with Crippen LogP contribution in [0.4, 0.5) is 10.3 Å². The molecule has 0 unspecified atom stereocenters. The van der Waals surface area contributed by atoms with Crippen LogP contribution in [-0.2, 0) is 6.54 Å². The van der Waals surface area contributed by atoms with Gasteiger partial charge in [-0.25, -0.2) is 9.37 Å². The molecule has 0 radical (unpaired) electrons. The molecular weight excluding hydrogens is 375 g/mol. The average Bonchev–Trinajstić information content (AvgIpc) is 3.36. The second-order valence-corrected chi connectivity index (χ2v) is 6.35. The predicted octanol–water partition coefficient (Wildman–Crippen LogP) is 2.21. The Labute approximate surface area is 156 Å². The minimum Gasteiger partial charge on any atom is -0.461 e. The van der Waals surface area contributed by atoms with Gasteiger partial charge in [0, 0.05) is 0 Å². The first-order valence-corrected chi connectivity index (χ1v) is 8.76. The van der Waals surface area contributed by atoms with E-state index >= 15 is 0 Å². The van der Waals surface area contributed by atoms with E-state index in [0.29, 0.717) is 27.6 Å². The maximum absolute atomic E-state index is 12.0. The highest BCUT2D eigenvalue weighted by atomic mass is 32.1. The molecule has 11 heteroatoms. The molecule has 27 heavy (non-hydrogen) atoms. The molecule has 0 aromatic carbocycles. The molecule has 0 aliphatic rings. The molecule has 0 amide bonds. The largest absolute Gasteiger partial charge is 0.461 e. The normalized spacial score (nSPS) is 11.8. The maximum atomic E-state index is 12.0. The van der Waals surface area contributed by atoms with Crippen LogP contribution in [-0.4, -0.2) is 35.9 Å². The molecule has 4 rings (SSSR count). The van der Waals surface area contributed by atoms with Gasteiger partial charge in [-0.1, -0.05) is 17.4 Å². The van der Waals surface area contributed by atoms with Crippen LogP contribution in [0, 0.1) is 0 Å². The number of aliphatic hydroxyl groups excluding tert-OH is 1. The molecule has 3 N–H and O–H groups in total. The number of hydrogen-bond donors (Lipinski definition) is 2. The second-order valence-electron chi connectivity index (χ2n) is 5.39. The monoisotopic (exact) mass is 392 g/mol. The van der Waals surface area contributed by atoms with Gasteiger partial charge in [-0.15, -0.1) is 5.10 Å². The summed E-state index contributed by atoms with van der Waals surface area (Å²) in [5.74, 6) is 0.848. The first-order chi connectivity index (χ1) is 13.0. The number of hydrogen-bond acceptors (Lipinski definition) is 8. The van der Waals surface area contributed by atoms with Crippen molar-refractivity contribution < 1.29 is 13.9 Å². The van der Waals surface area contributed by atoms with E-state index in [0.717, 1.165) is 11.3 Å². The van der Waals surface area contributed by atoms with Crippen LogP contribution in [0.25, 0.3) is 27.6 Å². The third-order valence-electron chi connectivity index (χ3n) is 3.58. The van der Waals surface area contributed by atoms with E-state index in [1.807, 2.05) is 0 Å². The van der Waals surface area contributed by atoms with Crippen molar-refractivity contribution in [3.05, 3.63) is 40.0 Å². The van der Waals surface area contributed by atoms with Crippen molar-refractivity contribution in [1.82, 2.24) is 24.1 Å². The van der Waals surface area contributed by atoms with Crippen LogP contribution >= 0.6 is 11.3 Å². The quantitative estimate of drug-likeness (QED) is 0.548. The van der Waals surface area contributed by atoms with Crippen LogP contribution in [0.15, 0.2) is 39.5 Å². The molecule has 0 saturated carbocycles. The summed E-state index contributed by atoms with van der Waals surface area (Å²) in [4.78, 5) is 20.4. The summed E-state index contributed by atoms with van der Waals surface area (Å²) in [6, 6.07) is 3.46. The van der Waals surface area contributed by atoms with E-state index in [1.54, 1.807) is 19.1 Å². The van der Waals surface area contributed by atoms with E-state index in [9.17, 15) is 9.18 Å². The first kappa shape index (κ1) is 18.7. The number of aromatic nitrogens is 5. The number of allylic oxidation sites excluding steroid dienone is 2. The Bertz CT molecular complexity index is 1150. The number of aliphatic hydroxyl groups is 1. The molecule has 0 aliphatic heterocycles. The molecule has 0 aliphatic carbocycles. The minimum absolute atomic E-state index is 0.109. The van der Waals surface area contributed by atoms with Crippen molar-refractivity contribution in [3.8, 4) is 11.6 Å². The molecular formula is C16H17FN6O3S. The van der Waals surface area contributed by atoms with Gasteiger partial charge in [0.15, 0.2) is 17.1 Å². The number of nitrogen functional groups attached to an aromatic ring is 1. The van der Waals surface area contributed by atoms with Gasteiger partial charge < -0.3 is 15.3 Å². The van der Waals surface area contributed by atoms with E-state index in [1.165, 1.54) is 28.3 Å². The third-order valence-corrected chi connectivity index (χ3v) is 4.54. The third kappa shape index (κ3) is 3.59. The molecule has 0 atom stereocenters. The maximum Gasteiger partial charge on any atom is 0.309 e. The van der Waals surface area contributed by atoms with Gasteiger partial charge in [-0.3, -0.25) is 9.36 Å². The lowest BCUT2D eigenvalue weighted by Crippen LogP contribution is -2.16. The summed E-state index contributed by atoms with van der Waals surface area (Å²) in [6.07, 6.45) is 2.94. The highest BCUT2D eigenvalue weighted by Gasteiger charge is 2.19. The molecule has 4 aromatic rings. The van der Waals surface area contributed by atoms with Crippen molar-refractivity contribution in [2.24, 2.45) is 0 Å². The Morgan fingerprint density at radius 2 is 2.19 bits per heavy atom. The lowest BCUT2D eigenvalue weighted by Gasteiger charge is -2.01. The standard InChI is InChI=1S/C12H10N6O3S.C4H7F/c13-11-15-9-7(22-12(20)17(9)3-4-19)10-14-8(16-18(10)11)6-2-1-5-21-6;1-3-4(2)5/h1-2,5,19H,3-4H2,(H2,13,15);3H,1-2H3/b;4-3+. The Kier molecular flexibility index (Phi) is 5.33. The Balaban J connectivity index is 0.000000376. The van der Waals surface area contributed by atoms with Gasteiger partial charge in [0.1, 0.15) is 4.70 Å². The molecule has 0 bridgehead atoms. The van der Waals surface area contributed by atoms with Crippen molar-refractivity contribution in [3.63, 3.8) is 0 Å². The molecule has 0 spiro atoms. The fourth-order valence-electron chi connectivity index (χ4n) is 2.24. The van der Waals surface area contributed by atoms with Crippen molar-refractivity contribution in [2.75, 3.05) is 12.3 Å². The summed E-state index contributed by atoms with van der Waals surface area (Å²) >= 11 is 0.992. The molecule has 0 saturated heterocycles. The number of thiazole rings is 1. The van der Waals surface area contributed by atoms with Crippen LogP contribution < -0.4 is 10.6 Å². The number of rotatable bonds is 3. The zero-order valence-corrected chi connectivity index (χ0v) is 15.4. The van der Waals surface area contributed by atoms with Gasteiger partial charge in [0.25, 0.3) is 0 Å². The molecule has 4 heterocycles. The fourth-order valence-corrected chi connectivity index (χ4v) is 3.17. The number of nitrogens with zero attached hydrogens (tertiary/aromatic N) is 5. The number of nitrogens with two attached hydrogens (primary N) is 1. The summed E-state index contributed by atoms with van der Waals surface area (Å²) in [6.45, 7) is 3.07. The lowest BCUT2D eigenvalue weighted by atomic mass is 10.4. The predicted molar refractivity (Wildman–Crippen MR) is 100 cm³/mol. The van der Waals surface area contributed by atoms with E-state index < -0.39 is 0 Å². The SMILES string of the molecule is C/C=C(\C)F.Nc1nc2c(sc(=O)n2CCO)c2nc(-c3ccco3)nn12. The van der Waals surface area contributed by atoms with Crippen molar-refractivity contribution in [2.45, 2.75) is 20.4 Å². The fraction of sp³-hybridized carbons (Fsp3) is 0.250. The van der Waals surface area contributed by atoms with Crippen molar-refractivity contribution >= 4 is 33.3 Å². The summed E-state index contributed by atoms with van der Waals surface area (Å²) in [5, 5.41) is 13.3. The zero-order chi connectivity index (χ0) is 19.6. The van der Waals surface area contributed by atoms with Crippen LogP contribution in [0.3, 0.4) is 0 Å². The summed E-state index contributed by atoms with van der Waals surface area (Å²) in [7, 11) is 0. The zero-order valence-electron chi connectivity index (χ0n) is 14.6. The summed E-state index contributed by atoms with van der Waals surface area (Å²) < 4.78 is 19.9. The number of furan rings is 1. The van der Waals surface area contributed by atoms with Crippen molar-refractivity contribution in [1.29, 1.82) is 0 Å². The van der Waals surface area contributed by atoms with E-state index in [-0.39, 0.29) is 29.8 Å².